The minimum atomic E-state index is -1.03. The molecule has 0 amide bonds. The fraction of sp³-hybridized carbons (Fsp3) is 0.333. The monoisotopic (exact) mass is 245 g/mol. The zero-order valence-electron chi connectivity index (χ0n) is 7.64. The van der Waals surface area contributed by atoms with Gasteiger partial charge in [0.25, 0.3) is 0 Å². The Balaban J connectivity index is 2.17. The Hall–Kier alpha value is -0.780. The summed E-state index contributed by atoms with van der Waals surface area (Å²) in [6, 6.07) is 1.49. The lowest BCUT2D eigenvalue weighted by Gasteiger charge is -2.24. The van der Waals surface area contributed by atoms with Crippen molar-refractivity contribution >= 4 is 29.3 Å². The van der Waals surface area contributed by atoms with E-state index in [1.807, 2.05) is 0 Å². The van der Waals surface area contributed by atoms with Gasteiger partial charge in [-0.2, -0.15) is 0 Å². The van der Waals surface area contributed by atoms with E-state index in [1.165, 1.54) is 24.0 Å². The van der Waals surface area contributed by atoms with Crippen LogP contribution >= 0.6 is 23.4 Å². The number of carboxylic acids is 1. The number of hydrogen-bond donors (Lipinski definition) is 1. The highest BCUT2D eigenvalue weighted by atomic mass is 35.5. The molecule has 0 spiro atoms. The summed E-state index contributed by atoms with van der Waals surface area (Å²) in [4.78, 5) is 14.9. The Kier molecular flexibility index (Phi) is 3.14. The predicted octanol–water partition coefficient (Wildman–Crippen LogP) is 1.92. The molecule has 80 valence electrons. The van der Waals surface area contributed by atoms with Gasteiger partial charge in [0.15, 0.2) is 0 Å². The molecule has 0 aliphatic carbocycles. The number of carboxylic acid groups (broad SMARTS) is 1. The van der Waals surface area contributed by atoms with E-state index in [9.17, 15) is 4.79 Å². The molecule has 1 aromatic rings. The normalized spacial score (nSPS) is 16.1. The molecule has 15 heavy (non-hydrogen) atoms. The molecular formula is C9H8ClNO3S. The summed E-state index contributed by atoms with van der Waals surface area (Å²) in [5.41, 5.74) is 0.0920. The minimum absolute atomic E-state index is 0.0920. The molecule has 6 heteroatoms. The number of hydrogen-bond acceptors (Lipinski definition) is 4. The Labute approximate surface area is 95.6 Å². The van der Waals surface area contributed by atoms with Crippen molar-refractivity contribution in [2.75, 3.05) is 13.2 Å². The second kappa shape index (κ2) is 4.38. The lowest BCUT2D eigenvalue weighted by atomic mass is 10.3. The van der Waals surface area contributed by atoms with Crippen molar-refractivity contribution in [3.63, 3.8) is 0 Å². The molecule has 0 radical (unpaired) electrons. The van der Waals surface area contributed by atoms with E-state index in [1.54, 1.807) is 0 Å². The van der Waals surface area contributed by atoms with Gasteiger partial charge in [0.2, 0.25) is 0 Å². The number of ether oxygens (including phenoxy) is 1. The van der Waals surface area contributed by atoms with Crippen LogP contribution in [-0.4, -0.2) is 34.5 Å². The SMILES string of the molecule is O=C(O)c1cc(SC2COC2)ncc1Cl. The van der Waals surface area contributed by atoms with Gasteiger partial charge in [-0.25, -0.2) is 9.78 Å². The summed E-state index contributed by atoms with van der Waals surface area (Å²) >= 11 is 7.21. The van der Waals surface area contributed by atoms with Crippen LogP contribution in [0.5, 0.6) is 0 Å². The third kappa shape index (κ3) is 2.42. The largest absolute Gasteiger partial charge is 0.478 e. The lowest BCUT2D eigenvalue weighted by Crippen LogP contribution is -2.30. The van der Waals surface area contributed by atoms with E-state index in [4.69, 9.17) is 21.4 Å². The van der Waals surface area contributed by atoms with Gasteiger partial charge < -0.3 is 9.84 Å². The average Bonchev–Trinajstić information content (AvgIpc) is 2.13. The summed E-state index contributed by atoms with van der Waals surface area (Å²) in [5, 5.41) is 10.1. The maximum atomic E-state index is 10.8. The van der Waals surface area contributed by atoms with E-state index in [0.29, 0.717) is 23.5 Å². The summed E-state index contributed by atoms with van der Waals surface area (Å²) in [5.74, 6) is -1.03. The second-order valence-corrected chi connectivity index (χ2v) is 4.81. The second-order valence-electron chi connectivity index (χ2n) is 3.08. The van der Waals surface area contributed by atoms with E-state index in [0.717, 1.165) is 0 Å². The van der Waals surface area contributed by atoms with Crippen LogP contribution in [0.15, 0.2) is 17.3 Å². The van der Waals surface area contributed by atoms with E-state index in [-0.39, 0.29) is 10.6 Å². The van der Waals surface area contributed by atoms with Crippen molar-refractivity contribution < 1.29 is 14.6 Å². The van der Waals surface area contributed by atoms with Crippen LogP contribution in [0.2, 0.25) is 5.02 Å². The molecule has 0 aromatic carbocycles. The zero-order chi connectivity index (χ0) is 10.8. The van der Waals surface area contributed by atoms with Gasteiger partial charge in [-0.3, -0.25) is 0 Å². The van der Waals surface area contributed by atoms with Crippen LogP contribution in [0.3, 0.4) is 0 Å². The van der Waals surface area contributed by atoms with Gasteiger partial charge in [0.05, 0.1) is 34.1 Å². The molecular weight excluding hydrogens is 238 g/mol. The van der Waals surface area contributed by atoms with Crippen molar-refractivity contribution in [3.8, 4) is 0 Å². The zero-order valence-corrected chi connectivity index (χ0v) is 9.22. The van der Waals surface area contributed by atoms with E-state index >= 15 is 0 Å². The third-order valence-corrected chi connectivity index (χ3v) is 3.33. The molecule has 1 aromatic heterocycles. The Morgan fingerprint density at radius 2 is 2.40 bits per heavy atom. The minimum Gasteiger partial charge on any atom is -0.478 e. The molecule has 2 rings (SSSR count). The van der Waals surface area contributed by atoms with Gasteiger partial charge in [-0.05, 0) is 6.07 Å². The molecule has 1 aliphatic heterocycles. The van der Waals surface area contributed by atoms with E-state index in [2.05, 4.69) is 4.98 Å². The Morgan fingerprint density at radius 1 is 1.67 bits per heavy atom. The quantitative estimate of drug-likeness (QED) is 0.882. The van der Waals surface area contributed by atoms with Crippen molar-refractivity contribution in [2.45, 2.75) is 10.3 Å². The predicted molar refractivity (Wildman–Crippen MR) is 56.7 cm³/mol. The van der Waals surface area contributed by atoms with Gasteiger partial charge >= 0.3 is 5.97 Å². The number of aromatic nitrogens is 1. The Bertz CT molecular complexity index is 395. The van der Waals surface area contributed by atoms with Crippen molar-refractivity contribution in [1.82, 2.24) is 4.98 Å². The summed E-state index contributed by atoms with van der Waals surface area (Å²) in [6.07, 6.45) is 1.37. The van der Waals surface area contributed by atoms with Gasteiger partial charge in [0, 0.05) is 6.20 Å². The molecule has 0 atom stereocenters. The summed E-state index contributed by atoms with van der Waals surface area (Å²) in [6.45, 7) is 1.38. The molecule has 1 saturated heterocycles. The van der Waals surface area contributed by atoms with Crippen LogP contribution in [-0.2, 0) is 4.74 Å². The third-order valence-electron chi connectivity index (χ3n) is 1.96. The highest BCUT2D eigenvalue weighted by Crippen LogP contribution is 2.28. The fourth-order valence-electron chi connectivity index (χ4n) is 1.10. The van der Waals surface area contributed by atoms with Crippen LogP contribution < -0.4 is 0 Å². The molecule has 0 bridgehead atoms. The molecule has 1 aliphatic rings. The number of rotatable bonds is 3. The van der Waals surface area contributed by atoms with Crippen molar-refractivity contribution in [3.05, 3.63) is 22.8 Å². The number of nitrogens with zero attached hydrogens (tertiary/aromatic N) is 1. The molecule has 4 nitrogen and oxygen atoms in total. The molecule has 0 saturated carbocycles. The lowest BCUT2D eigenvalue weighted by molar-refractivity contribution is 0.0454. The average molecular weight is 246 g/mol. The maximum Gasteiger partial charge on any atom is 0.337 e. The first-order valence-corrected chi connectivity index (χ1v) is 5.56. The topological polar surface area (TPSA) is 59.4 Å². The highest BCUT2D eigenvalue weighted by Gasteiger charge is 2.21. The summed E-state index contributed by atoms with van der Waals surface area (Å²) in [7, 11) is 0. The van der Waals surface area contributed by atoms with Gasteiger partial charge in [0.1, 0.15) is 0 Å². The van der Waals surface area contributed by atoms with Gasteiger partial charge in [-0.1, -0.05) is 23.4 Å². The number of pyridine rings is 1. The molecule has 1 N–H and O–H groups in total. The van der Waals surface area contributed by atoms with Crippen molar-refractivity contribution in [2.24, 2.45) is 0 Å². The number of thioether (sulfide) groups is 1. The highest BCUT2D eigenvalue weighted by molar-refractivity contribution is 8.00. The van der Waals surface area contributed by atoms with Crippen LogP contribution in [0, 0.1) is 0 Å². The molecule has 0 unspecified atom stereocenters. The maximum absolute atomic E-state index is 10.8. The standard InChI is InChI=1S/C9H8ClNO3S/c10-7-2-11-8(1-6(7)9(12)13)15-5-3-14-4-5/h1-2,5H,3-4H2,(H,12,13). The van der Waals surface area contributed by atoms with Crippen LogP contribution in [0.1, 0.15) is 10.4 Å². The van der Waals surface area contributed by atoms with Crippen molar-refractivity contribution in [1.29, 1.82) is 0 Å². The first-order valence-electron chi connectivity index (χ1n) is 4.30. The number of aromatic carboxylic acids is 1. The number of carbonyl (C=O) groups is 1. The van der Waals surface area contributed by atoms with Gasteiger partial charge in [-0.15, -0.1) is 0 Å². The van der Waals surface area contributed by atoms with Crippen LogP contribution in [0.4, 0.5) is 0 Å². The smallest absolute Gasteiger partial charge is 0.337 e. The molecule has 2 heterocycles. The molecule has 1 fully saturated rings. The summed E-state index contributed by atoms with van der Waals surface area (Å²) < 4.78 is 5.02. The number of halogens is 1. The van der Waals surface area contributed by atoms with Crippen LogP contribution in [0.25, 0.3) is 0 Å². The van der Waals surface area contributed by atoms with E-state index < -0.39 is 5.97 Å². The Morgan fingerprint density at radius 3 is 2.93 bits per heavy atom. The first kappa shape index (κ1) is 10.7. The first-order chi connectivity index (χ1) is 7.16. The fourth-order valence-corrected chi connectivity index (χ4v) is 2.25.